The lowest BCUT2D eigenvalue weighted by Crippen LogP contribution is -2.49. The van der Waals surface area contributed by atoms with E-state index in [4.69, 9.17) is 0 Å². The summed E-state index contributed by atoms with van der Waals surface area (Å²) in [7, 11) is 1.62. The Morgan fingerprint density at radius 1 is 1.03 bits per heavy atom. The van der Waals surface area contributed by atoms with Crippen LogP contribution in [0.3, 0.4) is 0 Å². The predicted molar refractivity (Wildman–Crippen MR) is 122 cm³/mol. The van der Waals surface area contributed by atoms with E-state index in [2.05, 4.69) is 36.2 Å². The number of aromatic nitrogens is 3. The van der Waals surface area contributed by atoms with Gasteiger partial charge in [-0.1, -0.05) is 6.07 Å². The Morgan fingerprint density at radius 3 is 2.32 bits per heavy atom. The van der Waals surface area contributed by atoms with Gasteiger partial charge in [0.2, 0.25) is 11.9 Å². The first-order valence-electron chi connectivity index (χ1n) is 10.9. The molecule has 4 N–H and O–H groups in total. The summed E-state index contributed by atoms with van der Waals surface area (Å²) in [5.74, 6) is -2.90. The van der Waals surface area contributed by atoms with Crippen LogP contribution < -0.4 is 21.3 Å². The van der Waals surface area contributed by atoms with Gasteiger partial charge in [-0.05, 0) is 25.0 Å². The van der Waals surface area contributed by atoms with Crippen molar-refractivity contribution in [1.82, 2.24) is 25.6 Å². The van der Waals surface area contributed by atoms with Crippen LogP contribution in [0.2, 0.25) is 0 Å². The second-order valence-electron chi connectivity index (χ2n) is 8.20. The van der Waals surface area contributed by atoms with Gasteiger partial charge in [0.15, 0.2) is 0 Å². The summed E-state index contributed by atoms with van der Waals surface area (Å²) >= 11 is 0. The monoisotopic (exact) mass is 521 g/mol. The zero-order valence-corrected chi connectivity index (χ0v) is 19.2. The van der Waals surface area contributed by atoms with E-state index in [-0.39, 0.29) is 23.5 Å². The molecule has 1 aliphatic carbocycles. The molecule has 2 amide bonds. The normalized spacial score (nSPS) is 14.0. The fraction of sp³-hybridized carbons (Fsp3) is 0.261. The van der Waals surface area contributed by atoms with Crippen LogP contribution >= 0.6 is 0 Å². The van der Waals surface area contributed by atoms with E-state index in [1.807, 2.05) is 0 Å². The van der Waals surface area contributed by atoms with Gasteiger partial charge in [0.1, 0.15) is 17.2 Å². The molecule has 14 heteroatoms. The first kappa shape index (κ1) is 25.7. The first-order valence-corrected chi connectivity index (χ1v) is 10.9. The minimum Gasteiger partial charge on any atom is -0.357 e. The van der Waals surface area contributed by atoms with Crippen LogP contribution in [-0.2, 0) is 17.5 Å². The summed E-state index contributed by atoms with van der Waals surface area (Å²) in [5.41, 5.74) is -3.57. The van der Waals surface area contributed by atoms with Gasteiger partial charge in [0.25, 0.3) is 5.91 Å². The molecule has 1 fully saturated rings. The Balaban J connectivity index is 1.39. The Morgan fingerprint density at radius 2 is 1.73 bits per heavy atom. The van der Waals surface area contributed by atoms with Crippen molar-refractivity contribution < 1.29 is 31.5 Å². The SMILES string of the molecule is CNc1ncc(C(=O)NC2(C(=O)NCc3ncc(Nc4c(F)cccc4C(F)(F)F)cc3F)CC2)cn1. The number of amides is 2. The largest absolute Gasteiger partial charge is 0.418 e. The highest BCUT2D eigenvalue weighted by Gasteiger charge is 2.51. The van der Waals surface area contributed by atoms with Gasteiger partial charge in [-0.2, -0.15) is 13.2 Å². The van der Waals surface area contributed by atoms with Gasteiger partial charge >= 0.3 is 6.18 Å². The molecule has 9 nitrogen and oxygen atoms in total. The van der Waals surface area contributed by atoms with Gasteiger partial charge in [-0.25, -0.2) is 18.7 Å². The number of nitrogens with zero attached hydrogens (tertiary/aromatic N) is 3. The second-order valence-corrected chi connectivity index (χ2v) is 8.20. The average Bonchev–Trinajstić information content (AvgIpc) is 3.64. The molecular formula is C23H20F5N7O2. The standard InChI is InChI=1S/C23H20F5N7O2/c1-29-21-32-8-12(9-33-21)19(36)35-22(5-6-22)20(37)31-11-17-16(25)7-13(10-30-17)34-18-14(23(26,27)28)3-2-4-15(18)24/h2-4,7-10,34H,5-6,11H2,1H3,(H,31,37)(H,35,36)(H,29,32,33). The Kier molecular flexibility index (Phi) is 6.92. The summed E-state index contributed by atoms with van der Waals surface area (Å²) in [6, 6.07) is 3.28. The highest BCUT2D eigenvalue weighted by atomic mass is 19.4. The minimum absolute atomic E-state index is 0.150. The molecule has 0 unspecified atom stereocenters. The van der Waals surface area contributed by atoms with Crippen LogP contribution in [0.25, 0.3) is 0 Å². The third kappa shape index (κ3) is 5.73. The quantitative estimate of drug-likeness (QED) is 0.335. The van der Waals surface area contributed by atoms with Crippen molar-refractivity contribution in [2.24, 2.45) is 0 Å². The van der Waals surface area contributed by atoms with Crippen LogP contribution in [0.15, 0.2) is 42.9 Å². The van der Waals surface area contributed by atoms with Crippen molar-refractivity contribution in [3.8, 4) is 0 Å². The highest BCUT2D eigenvalue weighted by Crippen LogP contribution is 2.38. The van der Waals surface area contributed by atoms with Gasteiger partial charge in [0.05, 0.1) is 40.9 Å². The number of hydrogen-bond donors (Lipinski definition) is 4. The third-order valence-corrected chi connectivity index (χ3v) is 5.60. The number of carbonyl (C=O) groups is 2. The number of anilines is 3. The molecule has 1 aliphatic rings. The van der Waals surface area contributed by atoms with Crippen molar-refractivity contribution in [1.29, 1.82) is 0 Å². The van der Waals surface area contributed by atoms with Gasteiger partial charge in [-0.3, -0.25) is 14.6 Å². The number of carbonyl (C=O) groups excluding carboxylic acids is 2. The number of pyridine rings is 1. The van der Waals surface area contributed by atoms with E-state index in [1.165, 1.54) is 12.4 Å². The molecule has 2 heterocycles. The number of nitrogens with one attached hydrogen (secondary N) is 4. The fourth-order valence-corrected chi connectivity index (χ4v) is 3.43. The average molecular weight is 521 g/mol. The second kappa shape index (κ2) is 9.95. The Bertz CT molecular complexity index is 1330. The van der Waals surface area contributed by atoms with Crippen LogP contribution in [0.1, 0.15) is 34.5 Å². The zero-order valence-electron chi connectivity index (χ0n) is 19.2. The Labute approximate surface area is 206 Å². The van der Waals surface area contributed by atoms with E-state index >= 15 is 0 Å². The van der Waals surface area contributed by atoms with Crippen molar-refractivity contribution in [2.75, 3.05) is 17.7 Å². The lowest BCUT2D eigenvalue weighted by molar-refractivity contribution is -0.137. The van der Waals surface area contributed by atoms with Gasteiger partial charge < -0.3 is 21.3 Å². The molecule has 0 atom stereocenters. The summed E-state index contributed by atoms with van der Waals surface area (Å²) in [5, 5.41) is 10.1. The molecule has 4 rings (SSSR count). The maximum Gasteiger partial charge on any atom is 0.418 e. The molecular weight excluding hydrogens is 501 g/mol. The minimum atomic E-state index is -4.84. The molecule has 0 radical (unpaired) electrons. The van der Waals surface area contributed by atoms with E-state index in [9.17, 15) is 31.5 Å². The summed E-state index contributed by atoms with van der Waals surface area (Å²) < 4.78 is 68.2. The number of para-hydroxylation sites is 1. The van der Waals surface area contributed by atoms with Crippen molar-refractivity contribution >= 4 is 29.1 Å². The number of alkyl halides is 3. The lowest BCUT2D eigenvalue weighted by Gasteiger charge is -2.18. The topological polar surface area (TPSA) is 121 Å². The van der Waals surface area contributed by atoms with Gasteiger partial charge in [-0.15, -0.1) is 0 Å². The van der Waals surface area contributed by atoms with Gasteiger partial charge in [0, 0.05) is 25.5 Å². The molecule has 0 spiro atoms. The molecule has 0 bridgehead atoms. The fourth-order valence-electron chi connectivity index (χ4n) is 3.43. The maximum atomic E-state index is 14.6. The third-order valence-electron chi connectivity index (χ3n) is 5.60. The number of hydrogen-bond acceptors (Lipinski definition) is 7. The Hall–Kier alpha value is -4.36. The zero-order chi connectivity index (χ0) is 26.8. The molecule has 0 aliphatic heterocycles. The molecule has 1 aromatic carbocycles. The maximum absolute atomic E-state index is 14.6. The molecule has 37 heavy (non-hydrogen) atoms. The number of benzene rings is 1. The molecule has 194 valence electrons. The molecule has 2 aromatic heterocycles. The first-order chi connectivity index (χ1) is 17.5. The van der Waals surface area contributed by atoms with E-state index < -0.39 is 46.4 Å². The van der Waals surface area contributed by atoms with E-state index in [0.717, 1.165) is 24.4 Å². The van der Waals surface area contributed by atoms with E-state index in [1.54, 1.807) is 7.05 Å². The van der Waals surface area contributed by atoms with Crippen LogP contribution in [0.4, 0.5) is 39.3 Å². The van der Waals surface area contributed by atoms with Crippen molar-refractivity contribution in [2.45, 2.75) is 31.1 Å². The molecule has 0 saturated heterocycles. The predicted octanol–water partition coefficient (Wildman–Crippen LogP) is 3.53. The molecule has 3 aromatic rings. The smallest absolute Gasteiger partial charge is 0.357 e. The highest BCUT2D eigenvalue weighted by molar-refractivity contribution is 6.00. The van der Waals surface area contributed by atoms with Crippen LogP contribution in [0.5, 0.6) is 0 Å². The summed E-state index contributed by atoms with van der Waals surface area (Å²) in [6.07, 6.45) is -0.489. The lowest BCUT2D eigenvalue weighted by atomic mass is 10.1. The number of rotatable bonds is 8. The van der Waals surface area contributed by atoms with Crippen molar-refractivity contribution in [3.05, 3.63) is 71.3 Å². The number of halogens is 5. The van der Waals surface area contributed by atoms with E-state index in [0.29, 0.717) is 24.9 Å². The van der Waals surface area contributed by atoms with Crippen LogP contribution in [0, 0.1) is 11.6 Å². The summed E-state index contributed by atoms with van der Waals surface area (Å²) in [4.78, 5) is 36.8. The van der Waals surface area contributed by atoms with Crippen molar-refractivity contribution in [3.63, 3.8) is 0 Å². The van der Waals surface area contributed by atoms with Crippen LogP contribution in [-0.4, -0.2) is 39.4 Å². The molecule has 1 saturated carbocycles. The summed E-state index contributed by atoms with van der Waals surface area (Å²) in [6.45, 7) is -0.351.